The van der Waals surface area contributed by atoms with Gasteiger partial charge in [0.05, 0.1) is 17.5 Å². The van der Waals surface area contributed by atoms with Crippen molar-refractivity contribution in [1.82, 2.24) is 10.2 Å². The molecule has 0 aliphatic rings. The zero-order valence-electron chi connectivity index (χ0n) is 21.3. The van der Waals surface area contributed by atoms with Gasteiger partial charge in [0.25, 0.3) is 0 Å². The van der Waals surface area contributed by atoms with Crippen LogP contribution in [0.1, 0.15) is 50.7 Å². The number of amides is 2. The van der Waals surface area contributed by atoms with Crippen LogP contribution < -0.4 is 9.62 Å². The summed E-state index contributed by atoms with van der Waals surface area (Å²) >= 11 is 0. The number of benzene rings is 2. The minimum atomic E-state index is -4.62. The summed E-state index contributed by atoms with van der Waals surface area (Å²) in [7, 11) is -3.91. The van der Waals surface area contributed by atoms with E-state index in [0.717, 1.165) is 47.2 Å². The summed E-state index contributed by atoms with van der Waals surface area (Å²) < 4.78 is 65.0. The third-order valence-electron chi connectivity index (χ3n) is 5.81. The first kappa shape index (κ1) is 30.1. The number of anilines is 1. The van der Waals surface area contributed by atoms with Crippen LogP contribution in [0.3, 0.4) is 0 Å². The van der Waals surface area contributed by atoms with Crippen LogP contribution in [0.4, 0.5) is 18.9 Å². The van der Waals surface area contributed by atoms with Gasteiger partial charge < -0.3 is 10.2 Å². The summed E-state index contributed by atoms with van der Waals surface area (Å²) in [5.74, 6) is -0.654. The molecule has 0 radical (unpaired) electrons. The zero-order valence-corrected chi connectivity index (χ0v) is 22.1. The Morgan fingerprint density at radius 1 is 1.03 bits per heavy atom. The second kappa shape index (κ2) is 13.5. The summed E-state index contributed by atoms with van der Waals surface area (Å²) in [4.78, 5) is 27.3. The van der Waals surface area contributed by atoms with Crippen molar-refractivity contribution in [3.63, 3.8) is 0 Å². The highest BCUT2D eigenvalue weighted by Crippen LogP contribution is 2.32. The Labute approximate surface area is 216 Å². The Morgan fingerprint density at radius 3 is 2.30 bits per heavy atom. The highest BCUT2D eigenvalue weighted by atomic mass is 32.2. The van der Waals surface area contributed by atoms with E-state index in [0.29, 0.717) is 6.54 Å². The first-order valence-corrected chi connectivity index (χ1v) is 14.0. The second-order valence-corrected chi connectivity index (χ2v) is 10.7. The number of halogens is 3. The van der Waals surface area contributed by atoms with E-state index in [4.69, 9.17) is 0 Å². The van der Waals surface area contributed by atoms with Crippen molar-refractivity contribution in [3.05, 3.63) is 65.7 Å². The van der Waals surface area contributed by atoms with Crippen molar-refractivity contribution in [2.75, 3.05) is 23.7 Å². The van der Waals surface area contributed by atoms with Crippen molar-refractivity contribution < 1.29 is 31.2 Å². The molecule has 2 aromatic rings. The molecule has 0 aliphatic carbocycles. The first-order chi connectivity index (χ1) is 17.3. The largest absolute Gasteiger partial charge is 0.416 e. The Bertz CT molecular complexity index is 1140. The summed E-state index contributed by atoms with van der Waals surface area (Å²) in [6, 6.07) is 12.4. The molecule has 1 N–H and O–H groups in total. The van der Waals surface area contributed by atoms with Crippen LogP contribution in [-0.4, -0.2) is 50.5 Å². The van der Waals surface area contributed by atoms with E-state index in [-0.39, 0.29) is 43.4 Å². The van der Waals surface area contributed by atoms with Gasteiger partial charge in [0, 0.05) is 26.1 Å². The second-order valence-electron chi connectivity index (χ2n) is 8.81. The van der Waals surface area contributed by atoms with E-state index in [1.807, 2.05) is 37.3 Å². The van der Waals surface area contributed by atoms with Crippen LogP contribution in [0.15, 0.2) is 54.6 Å². The van der Waals surface area contributed by atoms with Crippen LogP contribution in [0.25, 0.3) is 0 Å². The lowest BCUT2D eigenvalue weighted by molar-refractivity contribution is -0.140. The van der Waals surface area contributed by atoms with Gasteiger partial charge in [-0.3, -0.25) is 13.9 Å². The topological polar surface area (TPSA) is 86.8 Å². The van der Waals surface area contributed by atoms with Crippen molar-refractivity contribution in [3.8, 4) is 0 Å². The predicted molar refractivity (Wildman–Crippen MR) is 137 cm³/mol. The van der Waals surface area contributed by atoms with Gasteiger partial charge in [-0.2, -0.15) is 13.2 Å². The normalized spacial score (nSPS) is 12.6. The number of nitrogens with one attached hydrogen (secondary N) is 1. The number of sulfonamides is 1. The SMILES string of the molecule is CCCCNC(=O)C(C)N(Cc1ccccc1)C(=O)CCCN(c1cccc(C(F)(F)F)c1)S(C)(=O)=O. The maximum Gasteiger partial charge on any atom is 0.416 e. The smallest absolute Gasteiger partial charge is 0.354 e. The zero-order chi connectivity index (χ0) is 27.6. The molecule has 0 spiro atoms. The van der Waals surface area contributed by atoms with Crippen molar-refractivity contribution in [1.29, 1.82) is 0 Å². The van der Waals surface area contributed by atoms with E-state index < -0.39 is 27.8 Å². The number of rotatable bonds is 13. The number of hydrogen-bond acceptors (Lipinski definition) is 4. The minimum Gasteiger partial charge on any atom is -0.354 e. The molecule has 0 saturated heterocycles. The average Bonchev–Trinajstić information content (AvgIpc) is 2.84. The quantitative estimate of drug-likeness (QED) is 0.376. The lowest BCUT2D eigenvalue weighted by Gasteiger charge is -2.29. The van der Waals surface area contributed by atoms with E-state index in [9.17, 15) is 31.2 Å². The molecule has 2 aromatic carbocycles. The van der Waals surface area contributed by atoms with E-state index in [1.54, 1.807) is 6.92 Å². The molecule has 37 heavy (non-hydrogen) atoms. The molecule has 0 fully saturated rings. The van der Waals surface area contributed by atoms with Crippen LogP contribution >= 0.6 is 0 Å². The van der Waals surface area contributed by atoms with E-state index in [1.165, 1.54) is 11.0 Å². The fraction of sp³-hybridized carbons (Fsp3) is 0.462. The minimum absolute atomic E-state index is 0.0532. The molecule has 0 aliphatic heterocycles. The molecular formula is C26H34F3N3O4S. The molecule has 11 heteroatoms. The molecule has 204 valence electrons. The van der Waals surface area contributed by atoms with Gasteiger partial charge in [0.15, 0.2) is 0 Å². The summed E-state index contributed by atoms with van der Waals surface area (Å²) in [6.45, 7) is 4.12. The van der Waals surface area contributed by atoms with Gasteiger partial charge >= 0.3 is 6.18 Å². The van der Waals surface area contributed by atoms with Gasteiger partial charge in [-0.1, -0.05) is 49.7 Å². The first-order valence-electron chi connectivity index (χ1n) is 12.1. The van der Waals surface area contributed by atoms with E-state index in [2.05, 4.69) is 5.32 Å². The van der Waals surface area contributed by atoms with Gasteiger partial charge in [0.1, 0.15) is 6.04 Å². The Morgan fingerprint density at radius 2 is 1.70 bits per heavy atom. The van der Waals surface area contributed by atoms with Gasteiger partial charge in [-0.15, -0.1) is 0 Å². The molecule has 2 rings (SSSR count). The van der Waals surface area contributed by atoms with Crippen LogP contribution in [0.5, 0.6) is 0 Å². The lowest BCUT2D eigenvalue weighted by Crippen LogP contribution is -2.47. The summed E-state index contributed by atoms with van der Waals surface area (Å²) in [5.41, 5.74) is -0.271. The lowest BCUT2D eigenvalue weighted by atomic mass is 10.1. The number of carbonyl (C=O) groups is 2. The summed E-state index contributed by atoms with van der Waals surface area (Å²) in [6.07, 6.45) is -2.05. The van der Waals surface area contributed by atoms with Crippen LogP contribution in [0.2, 0.25) is 0 Å². The molecule has 0 heterocycles. The average molecular weight is 542 g/mol. The fourth-order valence-electron chi connectivity index (χ4n) is 3.74. The van der Waals surface area contributed by atoms with Crippen LogP contribution in [0, 0.1) is 0 Å². The maximum absolute atomic E-state index is 13.2. The van der Waals surface area contributed by atoms with Crippen molar-refractivity contribution in [2.45, 2.75) is 58.3 Å². The Hall–Kier alpha value is -3.08. The highest BCUT2D eigenvalue weighted by molar-refractivity contribution is 7.92. The van der Waals surface area contributed by atoms with Gasteiger partial charge in [-0.05, 0) is 43.5 Å². The van der Waals surface area contributed by atoms with Crippen LogP contribution in [-0.2, 0) is 32.3 Å². The Kier molecular flexibility index (Phi) is 11.0. The van der Waals surface area contributed by atoms with Gasteiger partial charge in [0.2, 0.25) is 21.8 Å². The summed E-state index contributed by atoms with van der Waals surface area (Å²) in [5, 5.41) is 2.83. The number of nitrogens with zero attached hydrogens (tertiary/aromatic N) is 2. The number of carbonyl (C=O) groups excluding carboxylic acids is 2. The molecule has 0 bridgehead atoms. The molecule has 7 nitrogen and oxygen atoms in total. The highest BCUT2D eigenvalue weighted by Gasteiger charge is 2.32. The predicted octanol–water partition coefficient (Wildman–Crippen LogP) is 4.59. The molecule has 0 aromatic heterocycles. The number of alkyl halides is 3. The fourth-order valence-corrected chi connectivity index (χ4v) is 4.70. The monoisotopic (exact) mass is 541 g/mol. The molecular weight excluding hydrogens is 507 g/mol. The number of unbranched alkanes of at least 4 members (excludes halogenated alkanes) is 1. The van der Waals surface area contributed by atoms with Crippen molar-refractivity contribution in [2.24, 2.45) is 0 Å². The Balaban J connectivity index is 2.16. The third-order valence-corrected chi connectivity index (χ3v) is 7.00. The molecule has 1 atom stereocenters. The third kappa shape index (κ3) is 9.38. The maximum atomic E-state index is 13.2. The van der Waals surface area contributed by atoms with E-state index >= 15 is 0 Å². The van der Waals surface area contributed by atoms with Crippen molar-refractivity contribution >= 4 is 27.5 Å². The molecule has 1 unspecified atom stereocenters. The number of hydrogen-bond donors (Lipinski definition) is 1. The molecule has 0 saturated carbocycles. The van der Waals surface area contributed by atoms with Gasteiger partial charge in [-0.25, -0.2) is 8.42 Å². The standard InChI is InChI=1S/C26H34F3N3O4S/c1-4-5-16-30-25(34)20(2)31(19-21-11-7-6-8-12-21)24(33)15-10-17-32(37(3,35)36)23-14-9-13-22(18-23)26(27,28)29/h6-9,11-14,18,20H,4-5,10,15-17,19H2,1-3H3,(H,30,34). The molecule has 2 amide bonds.